The first-order chi connectivity index (χ1) is 16.9. The molecule has 3 aromatic rings. The summed E-state index contributed by atoms with van der Waals surface area (Å²) in [7, 11) is 3.13. The molecule has 0 fully saturated rings. The number of anilines is 1. The first-order valence-corrected chi connectivity index (χ1v) is 12.0. The molecule has 184 valence electrons. The smallest absolute Gasteiger partial charge is 0.244 e. The minimum absolute atomic E-state index is 0.120. The predicted molar refractivity (Wildman–Crippen MR) is 137 cm³/mol. The number of aryl methyl sites for hydroxylation is 1. The molecule has 0 radical (unpaired) electrons. The van der Waals surface area contributed by atoms with Gasteiger partial charge < -0.3 is 24.7 Å². The molecule has 1 aromatic heterocycles. The van der Waals surface area contributed by atoms with Crippen molar-refractivity contribution in [1.82, 2.24) is 20.1 Å². The summed E-state index contributed by atoms with van der Waals surface area (Å²) in [6, 6.07) is 13.0. The molecule has 10 heteroatoms. The van der Waals surface area contributed by atoms with E-state index in [-0.39, 0.29) is 24.1 Å². The van der Waals surface area contributed by atoms with Crippen LogP contribution in [0.3, 0.4) is 0 Å². The number of ether oxygens (including phenoxy) is 2. The van der Waals surface area contributed by atoms with Crippen LogP contribution in [0.25, 0.3) is 6.08 Å². The van der Waals surface area contributed by atoms with Crippen LogP contribution in [0.2, 0.25) is 0 Å². The van der Waals surface area contributed by atoms with E-state index in [0.29, 0.717) is 29.0 Å². The number of carbonyl (C=O) groups is 2. The van der Waals surface area contributed by atoms with Crippen molar-refractivity contribution in [2.45, 2.75) is 32.1 Å². The largest absolute Gasteiger partial charge is 0.493 e. The fourth-order valence-corrected chi connectivity index (χ4v) is 4.08. The zero-order valence-corrected chi connectivity index (χ0v) is 21.0. The van der Waals surface area contributed by atoms with Crippen molar-refractivity contribution in [3.63, 3.8) is 0 Å². The maximum Gasteiger partial charge on any atom is 0.244 e. The van der Waals surface area contributed by atoms with Gasteiger partial charge in [0.1, 0.15) is 0 Å². The van der Waals surface area contributed by atoms with Gasteiger partial charge in [0.15, 0.2) is 22.5 Å². The molecule has 2 amide bonds. The van der Waals surface area contributed by atoms with Crippen molar-refractivity contribution in [3.8, 4) is 11.5 Å². The van der Waals surface area contributed by atoms with Crippen LogP contribution in [0.15, 0.2) is 53.7 Å². The van der Waals surface area contributed by atoms with Gasteiger partial charge in [-0.2, -0.15) is 0 Å². The van der Waals surface area contributed by atoms with Gasteiger partial charge in [0.05, 0.1) is 26.5 Å². The van der Waals surface area contributed by atoms with Gasteiger partial charge in [0.2, 0.25) is 11.8 Å². The lowest BCUT2D eigenvalue weighted by Crippen LogP contribution is -2.22. The van der Waals surface area contributed by atoms with Crippen molar-refractivity contribution >= 4 is 35.3 Å². The van der Waals surface area contributed by atoms with E-state index in [1.807, 2.05) is 48.7 Å². The van der Waals surface area contributed by atoms with Crippen LogP contribution in [-0.2, 0) is 22.7 Å². The van der Waals surface area contributed by atoms with Gasteiger partial charge in [0, 0.05) is 18.3 Å². The van der Waals surface area contributed by atoms with E-state index in [9.17, 15) is 9.59 Å². The van der Waals surface area contributed by atoms with Crippen molar-refractivity contribution in [2.75, 3.05) is 25.3 Å². The Labute approximate surface area is 208 Å². The second-order valence-electron chi connectivity index (χ2n) is 7.46. The van der Waals surface area contributed by atoms with Crippen LogP contribution in [-0.4, -0.2) is 46.6 Å². The molecule has 0 saturated carbocycles. The third kappa shape index (κ3) is 7.10. The third-order valence-electron chi connectivity index (χ3n) is 5.12. The maximum atomic E-state index is 12.4. The molecular weight excluding hydrogens is 466 g/mol. The normalized spacial score (nSPS) is 10.9. The summed E-state index contributed by atoms with van der Waals surface area (Å²) in [4.78, 5) is 24.7. The summed E-state index contributed by atoms with van der Waals surface area (Å²) >= 11 is 1.30. The Morgan fingerprint density at radius 3 is 2.57 bits per heavy atom. The van der Waals surface area contributed by atoms with E-state index in [1.165, 1.54) is 17.8 Å². The number of nitrogens with zero attached hydrogens (tertiary/aromatic N) is 3. The Morgan fingerprint density at radius 2 is 1.86 bits per heavy atom. The molecule has 0 bridgehead atoms. The summed E-state index contributed by atoms with van der Waals surface area (Å²) < 4.78 is 12.4. The lowest BCUT2D eigenvalue weighted by Gasteiger charge is -2.09. The second-order valence-corrected chi connectivity index (χ2v) is 8.40. The van der Waals surface area contributed by atoms with Gasteiger partial charge in [-0.1, -0.05) is 36.0 Å². The summed E-state index contributed by atoms with van der Waals surface area (Å²) in [6.45, 7) is 4.73. The number of aromatic nitrogens is 3. The Hall–Kier alpha value is -3.79. The minimum atomic E-state index is -0.266. The molecule has 1 heterocycles. The zero-order valence-electron chi connectivity index (χ0n) is 20.2. The van der Waals surface area contributed by atoms with Gasteiger partial charge in [-0.05, 0) is 49.2 Å². The van der Waals surface area contributed by atoms with Gasteiger partial charge >= 0.3 is 0 Å². The van der Waals surface area contributed by atoms with Gasteiger partial charge in [0.25, 0.3) is 0 Å². The fraction of sp³-hybridized carbons (Fsp3) is 0.280. The molecule has 35 heavy (non-hydrogen) atoms. The highest BCUT2D eigenvalue weighted by Crippen LogP contribution is 2.28. The van der Waals surface area contributed by atoms with E-state index in [0.717, 1.165) is 16.8 Å². The highest BCUT2D eigenvalue weighted by atomic mass is 32.2. The van der Waals surface area contributed by atoms with E-state index >= 15 is 0 Å². The predicted octanol–water partition coefficient (Wildman–Crippen LogP) is 3.68. The molecule has 9 nitrogen and oxygen atoms in total. The molecule has 0 spiro atoms. The number of methoxy groups -OCH3 is 2. The van der Waals surface area contributed by atoms with Crippen LogP contribution >= 0.6 is 11.8 Å². The molecule has 2 N–H and O–H groups in total. The Balaban J connectivity index is 1.54. The summed E-state index contributed by atoms with van der Waals surface area (Å²) in [6.07, 6.45) is 3.13. The van der Waals surface area contributed by atoms with Crippen molar-refractivity contribution in [1.29, 1.82) is 0 Å². The van der Waals surface area contributed by atoms with Crippen LogP contribution in [0, 0.1) is 6.92 Å². The van der Waals surface area contributed by atoms with E-state index in [2.05, 4.69) is 20.8 Å². The SMILES string of the molecule is CCn1c(CNC(=O)C=Cc2ccc(OC)c(OC)c2)nnc1SCC(=O)Nc1ccccc1C. The minimum Gasteiger partial charge on any atom is -0.493 e. The molecular formula is C25H29N5O4S. The van der Waals surface area contributed by atoms with E-state index in [4.69, 9.17) is 9.47 Å². The van der Waals surface area contributed by atoms with Gasteiger partial charge in [-0.25, -0.2) is 0 Å². The molecule has 0 aliphatic rings. The Kier molecular flexibility index (Phi) is 9.31. The van der Waals surface area contributed by atoms with Crippen molar-refractivity contribution < 1.29 is 19.1 Å². The lowest BCUT2D eigenvalue weighted by atomic mass is 10.2. The van der Waals surface area contributed by atoms with Crippen LogP contribution in [0.1, 0.15) is 23.9 Å². The summed E-state index contributed by atoms with van der Waals surface area (Å²) in [5.74, 6) is 1.63. The monoisotopic (exact) mass is 495 g/mol. The number of amides is 2. The highest BCUT2D eigenvalue weighted by Gasteiger charge is 2.14. The first kappa shape index (κ1) is 25.8. The second kappa shape index (κ2) is 12.6. The quantitative estimate of drug-likeness (QED) is 0.309. The number of hydrogen-bond donors (Lipinski definition) is 2. The number of nitrogens with one attached hydrogen (secondary N) is 2. The standard InChI is InChI=1S/C25H29N5O4S/c1-5-30-22(15-26-23(31)13-11-18-10-12-20(33-3)21(14-18)34-4)28-29-25(30)35-16-24(32)27-19-9-7-6-8-17(19)2/h6-14H,5,15-16H2,1-4H3,(H,26,31)(H,27,32). The number of thioether (sulfide) groups is 1. The first-order valence-electron chi connectivity index (χ1n) is 11.0. The van der Waals surface area contributed by atoms with Crippen LogP contribution in [0.5, 0.6) is 11.5 Å². The molecule has 0 unspecified atom stereocenters. The van der Waals surface area contributed by atoms with Crippen LogP contribution < -0.4 is 20.1 Å². The van der Waals surface area contributed by atoms with Crippen molar-refractivity contribution in [3.05, 3.63) is 65.5 Å². The molecule has 0 atom stereocenters. The number of benzene rings is 2. The van der Waals surface area contributed by atoms with Gasteiger partial charge in [-0.3, -0.25) is 9.59 Å². The van der Waals surface area contributed by atoms with E-state index in [1.54, 1.807) is 32.4 Å². The number of rotatable bonds is 11. The Bertz CT molecular complexity index is 1210. The number of carbonyl (C=O) groups excluding carboxylic acids is 2. The number of hydrogen-bond acceptors (Lipinski definition) is 7. The lowest BCUT2D eigenvalue weighted by molar-refractivity contribution is -0.116. The zero-order chi connectivity index (χ0) is 25.2. The molecule has 2 aromatic carbocycles. The number of para-hydroxylation sites is 1. The van der Waals surface area contributed by atoms with Gasteiger partial charge in [-0.15, -0.1) is 10.2 Å². The molecule has 3 rings (SSSR count). The van der Waals surface area contributed by atoms with E-state index < -0.39 is 0 Å². The van der Waals surface area contributed by atoms with Crippen LogP contribution in [0.4, 0.5) is 5.69 Å². The molecule has 0 aliphatic carbocycles. The Morgan fingerprint density at radius 1 is 1.09 bits per heavy atom. The van der Waals surface area contributed by atoms with Crippen molar-refractivity contribution in [2.24, 2.45) is 0 Å². The maximum absolute atomic E-state index is 12.4. The summed E-state index contributed by atoms with van der Waals surface area (Å²) in [5, 5.41) is 14.7. The average molecular weight is 496 g/mol. The molecule has 0 saturated heterocycles. The highest BCUT2D eigenvalue weighted by molar-refractivity contribution is 7.99. The fourth-order valence-electron chi connectivity index (χ4n) is 3.26. The topological polar surface area (TPSA) is 107 Å². The third-order valence-corrected chi connectivity index (χ3v) is 6.08. The summed E-state index contributed by atoms with van der Waals surface area (Å²) in [5.41, 5.74) is 2.59. The average Bonchev–Trinajstić information content (AvgIpc) is 3.27. The molecule has 0 aliphatic heterocycles.